The van der Waals surface area contributed by atoms with E-state index in [1.807, 2.05) is 0 Å². The zero-order valence-corrected chi connectivity index (χ0v) is 10.4. The first-order chi connectivity index (χ1) is 8.26. The molecule has 0 aliphatic heterocycles. The molecule has 2 aromatic rings. The van der Waals surface area contributed by atoms with Crippen molar-refractivity contribution < 1.29 is 0 Å². The van der Waals surface area contributed by atoms with Gasteiger partial charge in [-0.3, -0.25) is 0 Å². The molecule has 0 saturated heterocycles. The lowest BCUT2D eigenvalue weighted by molar-refractivity contribution is 0.668. The molecule has 0 saturated carbocycles. The second kappa shape index (κ2) is 5.34. The van der Waals surface area contributed by atoms with Crippen LogP contribution >= 0.6 is 0 Å². The van der Waals surface area contributed by atoms with E-state index in [1.165, 1.54) is 22.0 Å². The first-order valence-corrected chi connectivity index (χ1v) is 6.24. The summed E-state index contributed by atoms with van der Waals surface area (Å²) in [6.45, 7) is 4.55. The molecule has 0 aliphatic carbocycles. The zero-order chi connectivity index (χ0) is 12.3. The Labute approximate surface area is 102 Å². The summed E-state index contributed by atoms with van der Waals surface area (Å²) in [5, 5.41) is 1.34. The molecular weight excluding hydrogens is 210 g/mol. The predicted molar refractivity (Wildman–Crippen MR) is 73.1 cm³/mol. The largest absolute Gasteiger partial charge is 0.347 e. The van der Waals surface area contributed by atoms with E-state index >= 15 is 0 Å². The Morgan fingerprint density at radius 2 is 2.00 bits per heavy atom. The van der Waals surface area contributed by atoms with Crippen LogP contribution < -0.4 is 11.5 Å². The van der Waals surface area contributed by atoms with Crippen molar-refractivity contribution in [2.45, 2.75) is 26.3 Å². The smallest absolute Gasteiger partial charge is 0.0483 e. The Kier molecular flexibility index (Phi) is 3.82. The van der Waals surface area contributed by atoms with Crippen molar-refractivity contribution >= 4 is 10.9 Å². The van der Waals surface area contributed by atoms with Gasteiger partial charge in [-0.1, -0.05) is 11.6 Å². The summed E-state index contributed by atoms with van der Waals surface area (Å²) >= 11 is 0. The predicted octanol–water partition coefficient (Wildman–Crippen LogP) is 1.80. The van der Waals surface area contributed by atoms with Gasteiger partial charge in [-0.15, -0.1) is 0 Å². The molecular formula is C14H21N3. The molecule has 92 valence electrons. The Bertz CT molecular complexity index is 499. The molecule has 0 atom stereocenters. The van der Waals surface area contributed by atoms with Gasteiger partial charge in [0.25, 0.3) is 0 Å². The standard InChI is InChI=1S/C14H21N3/c1-11-3-4-14-13(9-11)12(5-7-16)10-17(14)8-2-6-15/h3-4,9-10H,2,5-8,15-16H2,1H3. The highest BCUT2D eigenvalue weighted by Crippen LogP contribution is 2.23. The molecule has 0 spiro atoms. The van der Waals surface area contributed by atoms with Crippen molar-refractivity contribution in [1.29, 1.82) is 0 Å². The average molecular weight is 231 g/mol. The Hall–Kier alpha value is -1.32. The lowest BCUT2D eigenvalue weighted by Crippen LogP contribution is -2.05. The first kappa shape index (κ1) is 12.1. The van der Waals surface area contributed by atoms with Crippen LogP contribution in [-0.4, -0.2) is 17.7 Å². The Morgan fingerprint density at radius 1 is 1.18 bits per heavy atom. The number of benzene rings is 1. The molecule has 0 bridgehead atoms. The SMILES string of the molecule is Cc1ccc2c(c1)c(CCN)cn2CCCN. The first-order valence-electron chi connectivity index (χ1n) is 6.24. The molecule has 0 unspecified atom stereocenters. The number of nitrogens with zero attached hydrogens (tertiary/aromatic N) is 1. The fourth-order valence-corrected chi connectivity index (χ4v) is 2.29. The van der Waals surface area contributed by atoms with Crippen molar-refractivity contribution in [2.75, 3.05) is 13.1 Å². The second-order valence-corrected chi connectivity index (χ2v) is 4.55. The van der Waals surface area contributed by atoms with Gasteiger partial charge in [0.15, 0.2) is 0 Å². The van der Waals surface area contributed by atoms with E-state index in [0.29, 0.717) is 6.54 Å². The fourth-order valence-electron chi connectivity index (χ4n) is 2.29. The minimum atomic E-state index is 0.698. The monoisotopic (exact) mass is 231 g/mol. The third kappa shape index (κ3) is 2.51. The van der Waals surface area contributed by atoms with Crippen LogP contribution in [0, 0.1) is 6.92 Å². The zero-order valence-electron chi connectivity index (χ0n) is 10.4. The lowest BCUT2D eigenvalue weighted by atomic mass is 10.1. The van der Waals surface area contributed by atoms with Crippen molar-refractivity contribution in [3.63, 3.8) is 0 Å². The van der Waals surface area contributed by atoms with Crippen LogP contribution in [0.2, 0.25) is 0 Å². The van der Waals surface area contributed by atoms with Gasteiger partial charge in [0, 0.05) is 23.6 Å². The van der Waals surface area contributed by atoms with E-state index in [2.05, 4.69) is 35.9 Å². The van der Waals surface area contributed by atoms with Crippen molar-refractivity contribution in [2.24, 2.45) is 11.5 Å². The number of fused-ring (bicyclic) bond motifs is 1. The molecule has 3 nitrogen and oxygen atoms in total. The fraction of sp³-hybridized carbons (Fsp3) is 0.429. The van der Waals surface area contributed by atoms with Gasteiger partial charge in [0.1, 0.15) is 0 Å². The summed E-state index contributed by atoms with van der Waals surface area (Å²) in [7, 11) is 0. The summed E-state index contributed by atoms with van der Waals surface area (Å²) < 4.78 is 2.30. The van der Waals surface area contributed by atoms with Gasteiger partial charge in [-0.2, -0.15) is 0 Å². The molecule has 0 amide bonds. The maximum Gasteiger partial charge on any atom is 0.0483 e. The number of hydrogen-bond acceptors (Lipinski definition) is 2. The average Bonchev–Trinajstić information content (AvgIpc) is 2.65. The number of aromatic nitrogens is 1. The van der Waals surface area contributed by atoms with E-state index in [4.69, 9.17) is 11.5 Å². The highest BCUT2D eigenvalue weighted by molar-refractivity contribution is 5.84. The Morgan fingerprint density at radius 3 is 2.71 bits per heavy atom. The van der Waals surface area contributed by atoms with Gasteiger partial charge in [-0.05, 0) is 50.6 Å². The molecule has 1 heterocycles. The normalized spacial score (nSPS) is 11.2. The summed E-state index contributed by atoms with van der Waals surface area (Å²) in [4.78, 5) is 0. The molecule has 4 N–H and O–H groups in total. The maximum atomic E-state index is 5.67. The Balaban J connectivity index is 2.46. The molecule has 3 heteroatoms. The van der Waals surface area contributed by atoms with Crippen molar-refractivity contribution in [1.82, 2.24) is 4.57 Å². The minimum absolute atomic E-state index is 0.698. The molecule has 0 radical (unpaired) electrons. The summed E-state index contributed by atoms with van der Waals surface area (Å²) in [5.41, 5.74) is 15.2. The number of rotatable bonds is 5. The van der Waals surface area contributed by atoms with Crippen LogP contribution in [0.4, 0.5) is 0 Å². The highest BCUT2D eigenvalue weighted by Gasteiger charge is 2.07. The molecule has 1 aromatic heterocycles. The summed E-state index contributed by atoms with van der Waals surface area (Å²) in [6.07, 6.45) is 4.18. The van der Waals surface area contributed by atoms with Crippen LogP contribution in [0.15, 0.2) is 24.4 Å². The van der Waals surface area contributed by atoms with E-state index in [1.54, 1.807) is 0 Å². The number of hydrogen-bond donors (Lipinski definition) is 2. The quantitative estimate of drug-likeness (QED) is 0.824. The minimum Gasteiger partial charge on any atom is -0.347 e. The second-order valence-electron chi connectivity index (χ2n) is 4.55. The molecule has 17 heavy (non-hydrogen) atoms. The third-order valence-electron chi connectivity index (χ3n) is 3.14. The van der Waals surface area contributed by atoms with Crippen LogP contribution in [-0.2, 0) is 13.0 Å². The summed E-state index contributed by atoms with van der Waals surface area (Å²) in [5.74, 6) is 0. The van der Waals surface area contributed by atoms with Gasteiger partial charge < -0.3 is 16.0 Å². The topological polar surface area (TPSA) is 57.0 Å². The summed E-state index contributed by atoms with van der Waals surface area (Å²) in [6, 6.07) is 6.61. The van der Waals surface area contributed by atoms with Gasteiger partial charge in [0.2, 0.25) is 0 Å². The van der Waals surface area contributed by atoms with E-state index in [9.17, 15) is 0 Å². The number of aryl methyl sites for hydroxylation is 2. The van der Waals surface area contributed by atoms with E-state index in [0.717, 1.165) is 25.9 Å². The molecule has 2 rings (SSSR count). The lowest BCUT2D eigenvalue weighted by Gasteiger charge is -2.03. The number of nitrogens with two attached hydrogens (primary N) is 2. The van der Waals surface area contributed by atoms with E-state index in [-0.39, 0.29) is 0 Å². The van der Waals surface area contributed by atoms with Crippen LogP contribution in [0.25, 0.3) is 10.9 Å². The maximum absolute atomic E-state index is 5.67. The highest BCUT2D eigenvalue weighted by atomic mass is 15.0. The van der Waals surface area contributed by atoms with Crippen LogP contribution in [0.3, 0.4) is 0 Å². The van der Waals surface area contributed by atoms with Gasteiger partial charge in [0.05, 0.1) is 0 Å². The van der Waals surface area contributed by atoms with Crippen LogP contribution in [0.5, 0.6) is 0 Å². The molecule has 0 fully saturated rings. The third-order valence-corrected chi connectivity index (χ3v) is 3.14. The molecule has 1 aromatic carbocycles. The van der Waals surface area contributed by atoms with Gasteiger partial charge in [-0.25, -0.2) is 0 Å². The van der Waals surface area contributed by atoms with Crippen molar-refractivity contribution in [3.8, 4) is 0 Å². The van der Waals surface area contributed by atoms with Crippen LogP contribution in [0.1, 0.15) is 17.5 Å². The molecule has 0 aliphatic rings. The van der Waals surface area contributed by atoms with E-state index < -0.39 is 0 Å². The van der Waals surface area contributed by atoms with Gasteiger partial charge >= 0.3 is 0 Å². The van der Waals surface area contributed by atoms with Crippen molar-refractivity contribution in [3.05, 3.63) is 35.5 Å².